The molecule has 2 aliphatic rings. The molecule has 2 unspecified atom stereocenters. The first-order valence-electron chi connectivity index (χ1n) is 28.3. The van der Waals surface area contributed by atoms with Gasteiger partial charge < -0.3 is 50.2 Å². The standard InChI is InChI=1S/C55H91N3O18P2/c1-3-5-7-8-9-10-11-12-13-14-15-16-17-18-19-20-21-22-23-28-32-50(62)71-39-43-40-72-77(67,68)76-78(69,70)73-41-48-53(65)52(64)44(35-34-42(59)30-26-6-4-2)46(60)38-47(61)45(31-27-24-25-29-33-51(63)74-43)54(75-48)58-37-36-49(56)57-55(58)66/h10-11,13-14,16-17,34-37,42-46,48,52-54,59-60,64-65H,3-9,12,15,18-33,38-41H2,1-2H3,(H,67,68)(H,69,70)(H2,56,57,66)/b11-10-,14-13-,17-16-,35-34-/t42-,43+,44-,45-,46+,48+,52-,53+,54+/m0/s1. The van der Waals surface area contributed by atoms with E-state index in [1.165, 1.54) is 50.1 Å². The third-order valence-corrected chi connectivity index (χ3v) is 16.1. The summed E-state index contributed by atoms with van der Waals surface area (Å²) in [5, 5.41) is 45.6. The zero-order chi connectivity index (χ0) is 57.2. The summed E-state index contributed by atoms with van der Waals surface area (Å²) >= 11 is 0. The Morgan fingerprint density at radius 1 is 0.808 bits per heavy atom. The summed E-state index contributed by atoms with van der Waals surface area (Å²) in [5.74, 6) is -4.94. The highest BCUT2D eigenvalue weighted by atomic mass is 31.3. The van der Waals surface area contributed by atoms with Crippen LogP contribution in [0, 0.1) is 11.8 Å². The molecule has 0 amide bonds. The van der Waals surface area contributed by atoms with E-state index in [2.05, 4.69) is 52.7 Å². The second-order valence-corrected chi connectivity index (χ2v) is 23.3. The minimum Gasteiger partial charge on any atom is -0.462 e. The summed E-state index contributed by atoms with van der Waals surface area (Å²) in [7, 11) is -11.3. The van der Waals surface area contributed by atoms with Gasteiger partial charge in [0.2, 0.25) is 0 Å². The summed E-state index contributed by atoms with van der Waals surface area (Å²) in [4.78, 5) is 78.6. The van der Waals surface area contributed by atoms with Crippen molar-refractivity contribution >= 4 is 39.2 Å². The van der Waals surface area contributed by atoms with Crippen LogP contribution in [0.5, 0.6) is 0 Å². The van der Waals surface area contributed by atoms with E-state index in [1.54, 1.807) is 0 Å². The number of esters is 2. The highest BCUT2D eigenvalue weighted by Gasteiger charge is 2.45. The predicted molar refractivity (Wildman–Crippen MR) is 294 cm³/mol. The molecule has 3 rings (SSSR count). The number of hydrogen-bond acceptors (Lipinski definition) is 18. The molecule has 444 valence electrons. The number of hydrogen-bond donors (Lipinski definition) is 7. The van der Waals surface area contributed by atoms with Crippen molar-refractivity contribution in [1.82, 2.24) is 9.55 Å². The number of unbranched alkanes of at least 4 members (excludes halogenated alkanes) is 12. The lowest BCUT2D eigenvalue weighted by Gasteiger charge is -2.38. The molecule has 78 heavy (non-hydrogen) atoms. The first kappa shape index (κ1) is 68.6. The number of anilines is 1. The van der Waals surface area contributed by atoms with E-state index in [-0.39, 0.29) is 31.5 Å². The maximum absolute atomic E-state index is 14.3. The van der Waals surface area contributed by atoms with Crippen LogP contribution in [-0.4, -0.2) is 114 Å². The van der Waals surface area contributed by atoms with Crippen LogP contribution in [0.15, 0.2) is 65.7 Å². The fourth-order valence-electron chi connectivity index (χ4n) is 9.04. The Labute approximate surface area is 460 Å². The number of aliphatic hydroxyl groups excluding tert-OH is 4. The van der Waals surface area contributed by atoms with Gasteiger partial charge in [-0.3, -0.25) is 28.0 Å². The lowest BCUT2D eigenvalue weighted by atomic mass is 9.83. The smallest absolute Gasteiger partial charge is 0.462 e. The van der Waals surface area contributed by atoms with E-state index in [4.69, 9.17) is 29.0 Å². The van der Waals surface area contributed by atoms with Crippen molar-refractivity contribution in [3.63, 3.8) is 0 Å². The number of Topliss-reactive ketones (excluding diaryl/α,β-unsaturated/α-hetero) is 1. The number of phosphoric ester groups is 2. The van der Waals surface area contributed by atoms with Crippen LogP contribution >= 0.6 is 15.6 Å². The third-order valence-electron chi connectivity index (χ3n) is 13.5. The zero-order valence-electron chi connectivity index (χ0n) is 45.9. The van der Waals surface area contributed by atoms with E-state index >= 15 is 0 Å². The van der Waals surface area contributed by atoms with Crippen LogP contribution in [0.3, 0.4) is 0 Å². The molecule has 0 radical (unpaired) electrons. The quantitative estimate of drug-likeness (QED) is 0.0187. The Kier molecular flexibility index (Phi) is 34.2. The van der Waals surface area contributed by atoms with Crippen molar-refractivity contribution in [2.45, 2.75) is 224 Å². The minimum absolute atomic E-state index is 0.00516. The van der Waals surface area contributed by atoms with E-state index in [9.17, 15) is 58.5 Å². The topological polar surface area (TPSA) is 323 Å². The molecule has 11 atom stereocenters. The van der Waals surface area contributed by atoms with E-state index in [1.807, 2.05) is 6.92 Å². The van der Waals surface area contributed by atoms with Gasteiger partial charge in [0.25, 0.3) is 0 Å². The Morgan fingerprint density at radius 2 is 1.41 bits per heavy atom. The molecule has 0 saturated carbocycles. The van der Waals surface area contributed by atoms with Crippen LogP contribution in [0.1, 0.15) is 187 Å². The highest BCUT2D eigenvalue weighted by Crippen LogP contribution is 2.60. The molecule has 2 bridgehead atoms. The first-order valence-corrected chi connectivity index (χ1v) is 31.2. The number of ketones is 1. The second kappa shape index (κ2) is 38.9. The Morgan fingerprint density at radius 3 is 2.08 bits per heavy atom. The van der Waals surface area contributed by atoms with Gasteiger partial charge in [-0.25, -0.2) is 13.9 Å². The molecule has 2 aliphatic heterocycles. The second-order valence-electron chi connectivity index (χ2n) is 20.2. The Bertz CT molecular complexity index is 2170. The van der Waals surface area contributed by atoms with Gasteiger partial charge in [-0.1, -0.05) is 146 Å². The number of allylic oxidation sites excluding steroid dienone is 6. The SMILES string of the molecule is CCCCCC/C=C\C/C=C\C/C=C\CCCCCCCCC(=O)OC[C@@H]1COP(=O)(O)OP(=O)(O)OC[C@H]2O[C@@H](n3ccc(N)nc3=O)[C@@H](CCCCCCC(=O)O1)C(=O)C[C@@H](O)[C@H](/C=C\[C@@H](O)CCCCC)[C@H](O)[C@@H]2O. The van der Waals surface area contributed by atoms with Gasteiger partial charge in [0.1, 0.15) is 36.6 Å². The summed E-state index contributed by atoms with van der Waals surface area (Å²) in [6, 6.07) is 1.23. The number of ether oxygens (including phenoxy) is 3. The van der Waals surface area contributed by atoms with Gasteiger partial charge in [0.05, 0.1) is 37.4 Å². The lowest BCUT2D eigenvalue weighted by molar-refractivity contribution is -0.184. The van der Waals surface area contributed by atoms with Crippen molar-refractivity contribution in [2.24, 2.45) is 11.8 Å². The van der Waals surface area contributed by atoms with Gasteiger partial charge in [0.15, 0.2) is 6.10 Å². The van der Waals surface area contributed by atoms with Crippen molar-refractivity contribution < 1.29 is 81.3 Å². The number of nitrogens with two attached hydrogens (primary N) is 1. The summed E-state index contributed by atoms with van der Waals surface area (Å²) < 4.78 is 59.0. The van der Waals surface area contributed by atoms with Crippen LogP contribution in [-0.2, 0) is 51.1 Å². The van der Waals surface area contributed by atoms with Crippen LogP contribution < -0.4 is 11.4 Å². The van der Waals surface area contributed by atoms with Crippen molar-refractivity contribution in [2.75, 3.05) is 25.6 Å². The minimum atomic E-state index is -5.72. The van der Waals surface area contributed by atoms with Crippen LogP contribution in [0.4, 0.5) is 5.82 Å². The highest BCUT2D eigenvalue weighted by molar-refractivity contribution is 7.61. The van der Waals surface area contributed by atoms with Crippen molar-refractivity contribution in [1.29, 1.82) is 0 Å². The number of carbonyl (C=O) groups excluding carboxylic acids is 3. The normalized spacial score (nSPS) is 28.4. The zero-order valence-corrected chi connectivity index (χ0v) is 47.7. The Balaban J connectivity index is 1.66. The molecule has 0 spiro atoms. The van der Waals surface area contributed by atoms with Gasteiger partial charge in [-0.2, -0.15) is 9.29 Å². The average molecular weight is 1140 g/mol. The van der Waals surface area contributed by atoms with E-state index in [0.717, 1.165) is 75.2 Å². The molecule has 21 nitrogen and oxygen atoms in total. The molecule has 1 aromatic heterocycles. The largest absolute Gasteiger partial charge is 0.481 e. The van der Waals surface area contributed by atoms with Crippen molar-refractivity contribution in [3.05, 3.63) is 71.4 Å². The van der Waals surface area contributed by atoms with E-state index in [0.29, 0.717) is 38.5 Å². The number of aliphatic hydroxyl groups is 4. The van der Waals surface area contributed by atoms with Gasteiger partial charge in [0, 0.05) is 31.4 Å². The molecule has 23 heteroatoms. The molecular formula is C55H91N3O18P2. The monoisotopic (exact) mass is 1140 g/mol. The molecule has 8 N–H and O–H groups in total. The van der Waals surface area contributed by atoms with Gasteiger partial charge in [-0.15, -0.1) is 0 Å². The van der Waals surface area contributed by atoms with Gasteiger partial charge in [-0.05, 0) is 70.3 Å². The number of rotatable bonds is 27. The average Bonchev–Trinajstić information content (AvgIpc) is 3.39. The number of fused-ring (bicyclic) bond motifs is 3. The first-order chi connectivity index (χ1) is 37.4. The molecule has 2 saturated heterocycles. The fourth-order valence-corrected chi connectivity index (χ4v) is 11.1. The summed E-state index contributed by atoms with van der Waals surface area (Å²) in [6.45, 7) is 1.48. The summed E-state index contributed by atoms with van der Waals surface area (Å²) in [5.41, 5.74) is 4.76. The lowest BCUT2D eigenvalue weighted by Crippen LogP contribution is -2.51. The molecule has 1 aromatic rings. The van der Waals surface area contributed by atoms with Crippen molar-refractivity contribution in [3.8, 4) is 0 Å². The third kappa shape index (κ3) is 28.6. The van der Waals surface area contributed by atoms with Crippen LogP contribution in [0.2, 0.25) is 0 Å². The van der Waals surface area contributed by atoms with Gasteiger partial charge >= 0.3 is 33.3 Å². The maximum Gasteiger partial charge on any atom is 0.481 e. The predicted octanol–water partition coefficient (Wildman–Crippen LogP) is 9.09. The number of nitrogens with zero attached hydrogens (tertiary/aromatic N) is 2. The molecule has 0 aromatic carbocycles. The molecule has 3 heterocycles. The molecular weight excluding hydrogens is 1050 g/mol. The molecule has 2 fully saturated rings. The number of aromatic nitrogens is 2. The Hall–Kier alpha value is -3.69. The number of cyclic esters (lactones) is 1. The van der Waals surface area contributed by atoms with Crippen LogP contribution in [0.25, 0.3) is 0 Å². The summed E-state index contributed by atoms with van der Waals surface area (Å²) in [6.07, 6.45) is 23.1. The van der Waals surface area contributed by atoms with E-state index < -0.39 is 120 Å². The number of carbonyl (C=O) groups is 3. The fraction of sp³-hybridized carbons (Fsp3) is 0.727. The number of phosphoric acid groups is 2. The maximum atomic E-state index is 14.3. The molecule has 0 aliphatic carbocycles. The number of nitrogen functional groups attached to an aromatic ring is 1.